The smallest absolute Gasteiger partial charge is 0.203 e. The SMILES string of the molecule is N#Cc1cc(C(=O)c2ccc(Br)s2)c(C(=O)c2ccc(Br)s2)cc1C#N. The summed E-state index contributed by atoms with van der Waals surface area (Å²) in [6, 6.07) is 13.3. The molecule has 0 saturated heterocycles. The Labute approximate surface area is 173 Å². The van der Waals surface area contributed by atoms with Crippen molar-refractivity contribution in [2.75, 3.05) is 0 Å². The van der Waals surface area contributed by atoms with E-state index in [2.05, 4.69) is 31.9 Å². The Morgan fingerprint density at radius 1 is 0.769 bits per heavy atom. The van der Waals surface area contributed by atoms with E-state index in [1.807, 2.05) is 12.1 Å². The molecular weight excluding hydrogens is 500 g/mol. The highest BCUT2D eigenvalue weighted by molar-refractivity contribution is 9.11. The first-order valence-electron chi connectivity index (χ1n) is 7.03. The number of rotatable bonds is 4. The van der Waals surface area contributed by atoms with Gasteiger partial charge in [-0.25, -0.2) is 0 Å². The van der Waals surface area contributed by atoms with Crippen LogP contribution in [0.15, 0.2) is 44.0 Å². The molecule has 3 rings (SSSR count). The molecule has 0 spiro atoms. The highest BCUT2D eigenvalue weighted by atomic mass is 79.9. The van der Waals surface area contributed by atoms with E-state index in [1.54, 1.807) is 24.3 Å². The Morgan fingerprint density at radius 2 is 1.15 bits per heavy atom. The summed E-state index contributed by atoms with van der Waals surface area (Å²) in [7, 11) is 0. The molecule has 0 aliphatic carbocycles. The molecule has 0 N–H and O–H groups in total. The number of carbonyl (C=O) groups is 2. The molecule has 4 nitrogen and oxygen atoms in total. The number of hydrogen-bond donors (Lipinski definition) is 0. The molecule has 26 heavy (non-hydrogen) atoms. The fourth-order valence-electron chi connectivity index (χ4n) is 2.30. The number of carbonyl (C=O) groups excluding carboxylic acids is 2. The van der Waals surface area contributed by atoms with Gasteiger partial charge in [0.25, 0.3) is 0 Å². The van der Waals surface area contributed by atoms with E-state index in [0.29, 0.717) is 9.75 Å². The van der Waals surface area contributed by atoms with Crippen molar-refractivity contribution in [1.82, 2.24) is 0 Å². The lowest BCUT2D eigenvalue weighted by Crippen LogP contribution is -2.11. The van der Waals surface area contributed by atoms with Crippen LogP contribution < -0.4 is 0 Å². The van der Waals surface area contributed by atoms with E-state index >= 15 is 0 Å². The Bertz CT molecular complexity index is 1040. The van der Waals surface area contributed by atoms with Crippen molar-refractivity contribution in [2.24, 2.45) is 0 Å². The number of nitrogens with zero attached hydrogens (tertiary/aromatic N) is 2. The summed E-state index contributed by atoms with van der Waals surface area (Å²) < 4.78 is 1.56. The fraction of sp³-hybridized carbons (Fsp3) is 0. The number of benzene rings is 1. The average Bonchev–Trinajstić information content (AvgIpc) is 3.27. The van der Waals surface area contributed by atoms with Crippen LogP contribution >= 0.6 is 54.5 Å². The maximum absolute atomic E-state index is 12.9. The van der Waals surface area contributed by atoms with Crippen LogP contribution in [0.1, 0.15) is 41.6 Å². The zero-order valence-electron chi connectivity index (χ0n) is 12.7. The second-order valence-corrected chi connectivity index (χ2v) is 9.96. The number of ketones is 2. The van der Waals surface area contributed by atoms with Crippen LogP contribution in [-0.4, -0.2) is 11.6 Å². The van der Waals surface area contributed by atoms with Crippen molar-refractivity contribution < 1.29 is 9.59 Å². The van der Waals surface area contributed by atoms with Gasteiger partial charge in [0.1, 0.15) is 12.1 Å². The molecule has 2 aromatic heterocycles. The highest BCUT2D eigenvalue weighted by Crippen LogP contribution is 2.30. The van der Waals surface area contributed by atoms with Gasteiger partial charge in [-0.1, -0.05) is 0 Å². The maximum atomic E-state index is 12.9. The molecule has 126 valence electrons. The van der Waals surface area contributed by atoms with E-state index < -0.39 is 0 Å². The van der Waals surface area contributed by atoms with Crippen molar-refractivity contribution in [2.45, 2.75) is 0 Å². The molecule has 3 aromatic rings. The Kier molecular flexibility index (Phi) is 5.49. The third-order valence-corrected chi connectivity index (χ3v) is 6.73. The Morgan fingerprint density at radius 3 is 1.42 bits per heavy atom. The van der Waals surface area contributed by atoms with Crippen molar-refractivity contribution in [3.8, 4) is 12.1 Å². The molecule has 0 saturated carbocycles. The molecule has 0 fully saturated rings. The zero-order chi connectivity index (χ0) is 18.8. The van der Waals surface area contributed by atoms with E-state index in [-0.39, 0.29) is 33.8 Å². The van der Waals surface area contributed by atoms with Crippen LogP contribution in [0.2, 0.25) is 0 Å². The molecule has 2 heterocycles. The van der Waals surface area contributed by atoms with Gasteiger partial charge >= 0.3 is 0 Å². The first-order chi connectivity index (χ1) is 12.4. The first kappa shape index (κ1) is 18.7. The number of nitriles is 2. The quantitative estimate of drug-likeness (QED) is 0.436. The van der Waals surface area contributed by atoms with E-state index in [4.69, 9.17) is 0 Å². The summed E-state index contributed by atoms with van der Waals surface area (Å²) in [5.74, 6) is -0.721. The molecule has 0 aliphatic heterocycles. The van der Waals surface area contributed by atoms with Crippen LogP contribution in [0.3, 0.4) is 0 Å². The molecule has 0 aliphatic rings. The van der Waals surface area contributed by atoms with Gasteiger partial charge in [0.05, 0.1) is 28.5 Å². The summed E-state index contributed by atoms with van der Waals surface area (Å²) >= 11 is 9.10. The predicted octanol–water partition coefficient (Wildman–Crippen LogP) is 5.54. The van der Waals surface area contributed by atoms with Gasteiger partial charge in [-0.2, -0.15) is 10.5 Å². The molecule has 0 radical (unpaired) electrons. The van der Waals surface area contributed by atoms with E-state index in [1.165, 1.54) is 34.8 Å². The summed E-state index contributed by atoms with van der Waals surface area (Å²) in [5, 5.41) is 18.5. The van der Waals surface area contributed by atoms with Crippen LogP contribution in [-0.2, 0) is 0 Å². The third-order valence-electron chi connectivity index (χ3n) is 3.48. The van der Waals surface area contributed by atoms with Crippen LogP contribution in [0.4, 0.5) is 0 Å². The second kappa shape index (κ2) is 7.65. The lowest BCUT2D eigenvalue weighted by Gasteiger charge is -2.08. The van der Waals surface area contributed by atoms with Crippen molar-refractivity contribution in [3.05, 3.63) is 76.0 Å². The molecule has 0 amide bonds. The van der Waals surface area contributed by atoms with Crippen molar-refractivity contribution in [1.29, 1.82) is 10.5 Å². The number of hydrogen-bond acceptors (Lipinski definition) is 6. The summed E-state index contributed by atoms with van der Waals surface area (Å²) in [6.07, 6.45) is 0. The lowest BCUT2D eigenvalue weighted by molar-refractivity contribution is 0.101. The van der Waals surface area contributed by atoms with Crippen LogP contribution in [0.5, 0.6) is 0 Å². The predicted molar refractivity (Wildman–Crippen MR) is 107 cm³/mol. The minimum absolute atomic E-state index is 0.0652. The second-order valence-electron chi connectivity index (χ2n) is 5.03. The summed E-state index contributed by atoms with van der Waals surface area (Å²) in [4.78, 5) is 26.7. The molecule has 0 unspecified atom stereocenters. The van der Waals surface area contributed by atoms with Gasteiger partial charge in [0.2, 0.25) is 11.6 Å². The molecule has 1 aromatic carbocycles. The van der Waals surface area contributed by atoms with Gasteiger partial charge in [-0.3, -0.25) is 9.59 Å². The fourth-order valence-corrected chi connectivity index (χ4v) is 4.98. The average molecular weight is 506 g/mol. The molecular formula is C18H6Br2N2O2S2. The maximum Gasteiger partial charge on any atom is 0.203 e. The van der Waals surface area contributed by atoms with Crippen LogP contribution in [0, 0.1) is 22.7 Å². The van der Waals surface area contributed by atoms with E-state index in [0.717, 1.165) is 7.57 Å². The number of halogens is 2. The number of thiophene rings is 2. The standard InChI is InChI=1S/C18H6Br2N2O2S2/c19-15-3-1-13(25-15)17(23)11-5-9(7-21)10(8-22)6-12(11)18(24)14-2-4-16(20)26-14/h1-6H. The first-order valence-corrected chi connectivity index (χ1v) is 10.2. The molecule has 0 atom stereocenters. The van der Waals surface area contributed by atoms with Gasteiger partial charge in [0.15, 0.2) is 0 Å². The largest absolute Gasteiger partial charge is 0.288 e. The van der Waals surface area contributed by atoms with E-state index in [9.17, 15) is 20.1 Å². The summed E-state index contributed by atoms with van der Waals surface area (Å²) in [6.45, 7) is 0. The summed E-state index contributed by atoms with van der Waals surface area (Å²) in [5.41, 5.74) is 0.361. The highest BCUT2D eigenvalue weighted by Gasteiger charge is 2.24. The Balaban J connectivity index is 2.21. The van der Waals surface area contributed by atoms with Crippen molar-refractivity contribution >= 4 is 66.1 Å². The van der Waals surface area contributed by atoms with Gasteiger partial charge in [0, 0.05) is 11.1 Å². The van der Waals surface area contributed by atoms with Crippen LogP contribution in [0.25, 0.3) is 0 Å². The monoisotopic (exact) mass is 504 g/mol. The van der Waals surface area contributed by atoms with Gasteiger partial charge in [-0.15, -0.1) is 22.7 Å². The minimum atomic E-state index is -0.360. The molecule has 0 bridgehead atoms. The normalized spacial score (nSPS) is 10.2. The topological polar surface area (TPSA) is 81.7 Å². The van der Waals surface area contributed by atoms with Crippen molar-refractivity contribution in [3.63, 3.8) is 0 Å². The zero-order valence-corrected chi connectivity index (χ0v) is 17.6. The third kappa shape index (κ3) is 3.55. The Hall–Kier alpha value is -2.10. The lowest BCUT2D eigenvalue weighted by atomic mass is 9.93. The molecule has 8 heteroatoms. The minimum Gasteiger partial charge on any atom is -0.288 e. The van der Waals surface area contributed by atoms with Gasteiger partial charge < -0.3 is 0 Å². The van der Waals surface area contributed by atoms with Gasteiger partial charge in [-0.05, 0) is 68.3 Å².